The van der Waals surface area contributed by atoms with Gasteiger partial charge in [-0.3, -0.25) is 4.68 Å². The second-order valence-corrected chi connectivity index (χ2v) is 8.95. The molecule has 7 nitrogen and oxygen atoms in total. The summed E-state index contributed by atoms with van der Waals surface area (Å²) in [6, 6.07) is 2.00. The Kier molecular flexibility index (Phi) is 5.23. The molecule has 26 heavy (non-hydrogen) atoms. The lowest BCUT2D eigenvalue weighted by atomic mass is 10.0. The molecule has 8 heteroatoms. The van der Waals surface area contributed by atoms with Crippen molar-refractivity contribution in [1.82, 2.24) is 15.1 Å². The number of aryl methyl sites for hydroxylation is 1. The molecule has 1 aromatic carbocycles. The summed E-state index contributed by atoms with van der Waals surface area (Å²) < 4.78 is 8.24. The molecule has 1 saturated heterocycles. The first kappa shape index (κ1) is 19.1. The Hall–Kier alpha value is -1.71. The highest BCUT2D eigenvalue weighted by atomic mass is 127. The first-order valence-corrected chi connectivity index (χ1v) is 9.88. The summed E-state index contributed by atoms with van der Waals surface area (Å²) in [7, 11) is 1.92. The third-order valence-electron chi connectivity index (χ3n) is 4.32. The Bertz CT molecular complexity index is 827. The minimum Gasteiger partial charge on any atom is -0.444 e. The van der Waals surface area contributed by atoms with Crippen LogP contribution in [0.5, 0.6) is 0 Å². The zero-order valence-corrected chi connectivity index (χ0v) is 17.8. The average Bonchev–Trinajstić information content (AvgIpc) is 2.87. The minimum absolute atomic E-state index is 0.0315. The van der Waals surface area contributed by atoms with Gasteiger partial charge in [0, 0.05) is 41.3 Å². The fourth-order valence-electron chi connectivity index (χ4n) is 3.39. The number of piperidine rings is 1. The van der Waals surface area contributed by atoms with Gasteiger partial charge in [0.1, 0.15) is 11.1 Å². The quantitative estimate of drug-likeness (QED) is 0.519. The molecule has 1 unspecified atom stereocenters. The number of nitrogens with two attached hydrogens (primary N) is 1. The maximum atomic E-state index is 12.1. The van der Waals surface area contributed by atoms with Crippen LogP contribution in [-0.4, -0.2) is 40.6 Å². The van der Waals surface area contributed by atoms with Crippen LogP contribution in [0.25, 0.3) is 10.9 Å². The number of nitrogens with zero attached hydrogens (tertiary/aromatic N) is 3. The van der Waals surface area contributed by atoms with Crippen molar-refractivity contribution < 1.29 is 9.53 Å². The molecule has 1 fully saturated rings. The largest absolute Gasteiger partial charge is 0.444 e. The monoisotopic (exact) mass is 471 g/mol. The lowest BCUT2D eigenvalue weighted by Gasteiger charge is -2.36. The van der Waals surface area contributed by atoms with Gasteiger partial charge in [-0.2, -0.15) is 5.10 Å². The van der Waals surface area contributed by atoms with Crippen LogP contribution in [-0.2, 0) is 11.8 Å². The van der Waals surface area contributed by atoms with Crippen molar-refractivity contribution in [3.05, 3.63) is 15.8 Å². The number of rotatable bonds is 2. The van der Waals surface area contributed by atoms with E-state index in [9.17, 15) is 4.79 Å². The van der Waals surface area contributed by atoms with Crippen LogP contribution in [0.1, 0.15) is 33.6 Å². The Morgan fingerprint density at radius 3 is 2.88 bits per heavy atom. The van der Waals surface area contributed by atoms with Gasteiger partial charge in [0.25, 0.3) is 0 Å². The van der Waals surface area contributed by atoms with Crippen molar-refractivity contribution in [2.45, 2.75) is 45.3 Å². The number of fused-ring (bicyclic) bond motifs is 1. The number of hydrogen-bond donors (Lipinski definition) is 2. The summed E-state index contributed by atoms with van der Waals surface area (Å²) >= 11 is 2.27. The number of benzene rings is 1. The topological polar surface area (TPSA) is 85.4 Å². The van der Waals surface area contributed by atoms with E-state index in [4.69, 9.17) is 10.5 Å². The number of ether oxygens (including phenoxy) is 1. The summed E-state index contributed by atoms with van der Waals surface area (Å²) in [5.41, 5.74) is 8.57. The summed E-state index contributed by atoms with van der Waals surface area (Å²) in [5, 5.41) is 8.60. The Labute approximate surface area is 167 Å². The van der Waals surface area contributed by atoms with Crippen LogP contribution in [0.2, 0.25) is 0 Å². The predicted molar refractivity (Wildman–Crippen MR) is 112 cm³/mol. The van der Waals surface area contributed by atoms with Crippen molar-refractivity contribution in [3.8, 4) is 0 Å². The third kappa shape index (κ3) is 4.16. The van der Waals surface area contributed by atoms with Gasteiger partial charge in [-0.25, -0.2) is 4.79 Å². The normalized spacial score (nSPS) is 18.2. The van der Waals surface area contributed by atoms with E-state index in [-0.39, 0.29) is 12.1 Å². The fourth-order valence-corrected chi connectivity index (χ4v) is 4.13. The Morgan fingerprint density at radius 1 is 1.46 bits per heavy atom. The summed E-state index contributed by atoms with van der Waals surface area (Å²) in [6.07, 6.45) is 3.55. The molecule has 1 aromatic heterocycles. The van der Waals surface area contributed by atoms with Crippen molar-refractivity contribution in [3.63, 3.8) is 0 Å². The summed E-state index contributed by atoms with van der Waals surface area (Å²) in [6.45, 7) is 7.21. The van der Waals surface area contributed by atoms with Crippen LogP contribution >= 0.6 is 22.6 Å². The highest BCUT2D eigenvalue weighted by Gasteiger charge is 2.27. The van der Waals surface area contributed by atoms with Gasteiger partial charge in [0.15, 0.2) is 0 Å². The zero-order chi connectivity index (χ0) is 19.1. The highest BCUT2D eigenvalue weighted by molar-refractivity contribution is 14.1. The Balaban J connectivity index is 1.82. The van der Waals surface area contributed by atoms with E-state index in [1.807, 2.05) is 44.8 Å². The predicted octanol–water partition coefficient (Wildman–Crippen LogP) is 3.25. The van der Waals surface area contributed by atoms with E-state index in [0.717, 1.165) is 45.2 Å². The molecule has 0 spiro atoms. The Morgan fingerprint density at radius 2 is 2.19 bits per heavy atom. The van der Waals surface area contributed by atoms with Gasteiger partial charge < -0.3 is 20.7 Å². The average molecular weight is 471 g/mol. The van der Waals surface area contributed by atoms with Crippen LogP contribution in [0.15, 0.2) is 12.3 Å². The molecule has 0 radical (unpaired) electrons. The summed E-state index contributed by atoms with van der Waals surface area (Å²) in [5.74, 6) is 0. The molecule has 1 aliphatic heterocycles. The van der Waals surface area contributed by atoms with E-state index >= 15 is 0 Å². The van der Waals surface area contributed by atoms with E-state index in [2.05, 4.69) is 37.9 Å². The van der Waals surface area contributed by atoms with Gasteiger partial charge in [0.05, 0.1) is 11.4 Å². The van der Waals surface area contributed by atoms with Crippen LogP contribution in [0.4, 0.5) is 16.2 Å². The number of halogens is 1. The number of nitrogen functional groups attached to an aromatic ring is 1. The maximum absolute atomic E-state index is 12.1. The summed E-state index contributed by atoms with van der Waals surface area (Å²) in [4.78, 5) is 14.4. The number of aromatic nitrogens is 2. The van der Waals surface area contributed by atoms with Gasteiger partial charge in [0.2, 0.25) is 0 Å². The number of carbonyl (C=O) groups excluding carboxylic acids is 1. The van der Waals surface area contributed by atoms with Gasteiger partial charge in [-0.1, -0.05) is 0 Å². The molecule has 142 valence electrons. The molecule has 0 aliphatic carbocycles. The van der Waals surface area contributed by atoms with Crippen molar-refractivity contribution in [2.24, 2.45) is 7.05 Å². The molecule has 2 aromatic rings. The molecule has 1 atom stereocenters. The molecular formula is C18H26IN5O2. The van der Waals surface area contributed by atoms with Crippen molar-refractivity contribution in [1.29, 1.82) is 0 Å². The van der Waals surface area contributed by atoms with Crippen molar-refractivity contribution >= 4 is 51.0 Å². The molecule has 0 saturated carbocycles. The van der Waals surface area contributed by atoms with E-state index in [0.29, 0.717) is 6.54 Å². The van der Waals surface area contributed by atoms with E-state index in [1.54, 1.807) is 0 Å². The molecular weight excluding hydrogens is 445 g/mol. The van der Waals surface area contributed by atoms with E-state index < -0.39 is 5.60 Å². The van der Waals surface area contributed by atoms with Gasteiger partial charge in [-0.15, -0.1) is 0 Å². The number of nitrogens with one attached hydrogen (secondary N) is 1. The number of carbonyl (C=O) groups is 1. The molecule has 3 N–H and O–H groups in total. The molecule has 2 heterocycles. The number of anilines is 2. The minimum atomic E-state index is -0.499. The number of alkyl carbamates (subject to hydrolysis) is 1. The third-order valence-corrected chi connectivity index (χ3v) is 5.15. The lowest BCUT2D eigenvalue weighted by molar-refractivity contribution is 0.0500. The van der Waals surface area contributed by atoms with Crippen LogP contribution in [0.3, 0.4) is 0 Å². The first-order valence-electron chi connectivity index (χ1n) is 8.80. The molecule has 1 aliphatic rings. The van der Waals surface area contributed by atoms with Crippen LogP contribution < -0.4 is 16.0 Å². The fraction of sp³-hybridized carbons (Fsp3) is 0.556. The first-order chi connectivity index (χ1) is 12.1. The van der Waals surface area contributed by atoms with Gasteiger partial charge >= 0.3 is 6.09 Å². The SMILES string of the molecule is Cn1cc2c(N3CCCC(NC(=O)OC(C)(C)C)C3)c(N)cc(I)c2n1. The van der Waals surface area contributed by atoms with Crippen LogP contribution in [0, 0.1) is 3.57 Å². The van der Waals surface area contributed by atoms with E-state index in [1.165, 1.54) is 0 Å². The van der Waals surface area contributed by atoms with Gasteiger partial charge in [-0.05, 0) is 62.3 Å². The second kappa shape index (κ2) is 7.13. The second-order valence-electron chi connectivity index (χ2n) is 7.79. The molecule has 0 bridgehead atoms. The molecule has 3 rings (SSSR count). The standard InChI is InChI=1S/C18H26IN5O2/c1-18(2,3)26-17(25)21-11-6-5-7-24(9-11)16-12-10-23(4)22-15(12)13(19)8-14(16)20/h8,10-11H,5-7,9,20H2,1-4H3,(H,21,25). The maximum Gasteiger partial charge on any atom is 0.407 e. The smallest absolute Gasteiger partial charge is 0.407 e. The number of amides is 1. The van der Waals surface area contributed by atoms with Crippen molar-refractivity contribution in [2.75, 3.05) is 23.7 Å². The zero-order valence-electron chi connectivity index (χ0n) is 15.7. The number of hydrogen-bond acceptors (Lipinski definition) is 5. The lowest BCUT2D eigenvalue weighted by Crippen LogP contribution is -2.49. The highest BCUT2D eigenvalue weighted by Crippen LogP contribution is 2.36. The molecule has 1 amide bonds.